The summed E-state index contributed by atoms with van der Waals surface area (Å²) in [6.07, 6.45) is 7.24. The van der Waals surface area contributed by atoms with Crippen molar-refractivity contribution in [2.75, 3.05) is 13.2 Å². The molecule has 0 aromatic carbocycles. The Bertz CT molecular complexity index is 259. The Kier molecular flexibility index (Phi) is 4.43. The van der Waals surface area contributed by atoms with Crippen molar-refractivity contribution in [2.45, 2.75) is 64.5 Å². The normalized spacial score (nSPS) is 21.6. The first-order valence-corrected chi connectivity index (χ1v) is 7.18. The molecule has 0 amide bonds. The van der Waals surface area contributed by atoms with Crippen LogP contribution in [-0.2, 0) is 9.53 Å². The average molecular weight is 239 g/mol. The van der Waals surface area contributed by atoms with Crippen LogP contribution in [-0.4, -0.2) is 36.1 Å². The Morgan fingerprint density at radius 1 is 1.29 bits per heavy atom. The monoisotopic (exact) mass is 239 g/mol. The fourth-order valence-electron chi connectivity index (χ4n) is 2.47. The number of hydrogen-bond acceptors (Lipinski definition) is 3. The lowest BCUT2D eigenvalue weighted by Crippen LogP contribution is -2.44. The van der Waals surface area contributed by atoms with E-state index in [0.29, 0.717) is 12.6 Å². The highest BCUT2D eigenvalue weighted by Gasteiger charge is 2.40. The van der Waals surface area contributed by atoms with Gasteiger partial charge in [-0.05, 0) is 44.9 Å². The zero-order valence-corrected chi connectivity index (χ0v) is 11.2. The van der Waals surface area contributed by atoms with Gasteiger partial charge in [-0.3, -0.25) is 9.69 Å². The molecule has 2 saturated carbocycles. The van der Waals surface area contributed by atoms with Gasteiger partial charge in [-0.2, -0.15) is 0 Å². The van der Waals surface area contributed by atoms with E-state index < -0.39 is 0 Å². The van der Waals surface area contributed by atoms with Gasteiger partial charge in [0.25, 0.3) is 0 Å². The van der Waals surface area contributed by atoms with Gasteiger partial charge in [-0.25, -0.2) is 0 Å². The Balaban J connectivity index is 1.96. The lowest BCUT2D eigenvalue weighted by atomic mass is 10.1. The molecule has 2 rings (SSSR count). The standard InChI is InChI=1S/C14H25NO2/c1-3-5-13(14(16)17-4-2)15(12-8-9-12)10-11-6-7-11/h11-13H,3-10H2,1-2H3. The van der Waals surface area contributed by atoms with Crippen LogP contribution in [0.15, 0.2) is 0 Å². The molecule has 0 bridgehead atoms. The molecule has 98 valence electrons. The topological polar surface area (TPSA) is 29.5 Å². The quantitative estimate of drug-likeness (QED) is 0.610. The Morgan fingerprint density at radius 2 is 2.00 bits per heavy atom. The van der Waals surface area contributed by atoms with Crippen LogP contribution in [0.1, 0.15) is 52.4 Å². The number of rotatable bonds is 8. The fourth-order valence-corrected chi connectivity index (χ4v) is 2.47. The molecule has 0 heterocycles. The van der Waals surface area contributed by atoms with Crippen molar-refractivity contribution in [2.24, 2.45) is 5.92 Å². The smallest absolute Gasteiger partial charge is 0.323 e. The summed E-state index contributed by atoms with van der Waals surface area (Å²) in [6.45, 7) is 5.66. The summed E-state index contributed by atoms with van der Waals surface area (Å²) in [5, 5.41) is 0. The molecule has 1 unspecified atom stereocenters. The first-order valence-electron chi connectivity index (χ1n) is 7.18. The van der Waals surface area contributed by atoms with Gasteiger partial charge in [0.2, 0.25) is 0 Å². The number of ether oxygens (including phenoxy) is 1. The summed E-state index contributed by atoms with van der Waals surface area (Å²) in [5.74, 6) is 0.853. The van der Waals surface area contributed by atoms with Gasteiger partial charge in [-0.15, -0.1) is 0 Å². The fraction of sp³-hybridized carbons (Fsp3) is 0.929. The van der Waals surface area contributed by atoms with Gasteiger partial charge >= 0.3 is 5.97 Å². The molecule has 0 N–H and O–H groups in total. The maximum atomic E-state index is 12.0. The van der Waals surface area contributed by atoms with Gasteiger partial charge in [0.1, 0.15) is 6.04 Å². The number of carbonyl (C=O) groups excluding carboxylic acids is 1. The summed E-state index contributed by atoms with van der Waals surface area (Å²) < 4.78 is 5.24. The van der Waals surface area contributed by atoms with E-state index in [1.807, 2.05) is 6.92 Å². The summed E-state index contributed by atoms with van der Waals surface area (Å²) in [5.41, 5.74) is 0. The van der Waals surface area contributed by atoms with E-state index in [1.54, 1.807) is 0 Å². The Morgan fingerprint density at radius 3 is 2.47 bits per heavy atom. The highest BCUT2D eigenvalue weighted by molar-refractivity contribution is 5.75. The highest BCUT2D eigenvalue weighted by atomic mass is 16.5. The second-order valence-electron chi connectivity index (χ2n) is 5.43. The van der Waals surface area contributed by atoms with E-state index in [0.717, 1.165) is 25.3 Å². The number of esters is 1. The molecular weight excluding hydrogens is 214 g/mol. The zero-order chi connectivity index (χ0) is 12.3. The molecule has 0 saturated heterocycles. The molecule has 3 heteroatoms. The molecular formula is C14H25NO2. The first kappa shape index (κ1) is 12.9. The molecule has 0 radical (unpaired) electrons. The first-order chi connectivity index (χ1) is 8.26. The summed E-state index contributed by atoms with van der Waals surface area (Å²) in [4.78, 5) is 14.5. The van der Waals surface area contributed by atoms with Crippen molar-refractivity contribution in [3.8, 4) is 0 Å². The van der Waals surface area contributed by atoms with E-state index in [2.05, 4.69) is 11.8 Å². The van der Waals surface area contributed by atoms with Crippen LogP contribution < -0.4 is 0 Å². The third-order valence-corrected chi connectivity index (χ3v) is 3.70. The van der Waals surface area contributed by atoms with Gasteiger partial charge in [-0.1, -0.05) is 13.3 Å². The molecule has 17 heavy (non-hydrogen) atoms. The van der Waals surface area contributed by atoms with Crippen molar-refractivity contribution in [3.63, 3.8) is 0 Å². The molecule has 2 aliphatic rings. The van der Waals surface area contributed by atoms with Gasteiger partial charge in [0.05, 0.1) is 6.61 Å². The molecule has 0 spiro atoms. The van der Waals surface area contributed by atoms with Gasteiger partial charge in [0.15, 0.2) is 0 Å². The van der Waals surface area contributed by atoms with Crippen LogP contribution in [0.2, 0.25) is 0 Å². The maximum Gasteiger partial charge on any atom is 0.323 e. The van der Waals surface area contributed by atoms with Crippen molar-refractivity contribution < 1.29 is 9.53 Å². The zero-order valence-electron chi connectivity index (χ0n) is 11.2. The second kappa shape index (κ2) is 5.85. The number of nitrogens with zero attached hydrogens (tertiary/aromatic N) is 1. The van der Waals surface area contributed by atoms with Crippen LogP contribution in [0.25, 0.3) is 0 Å². The van der Waals surface area contributed by atoms with Crippen LogP contribution in [0.5, 0.6) is 0 Å². The second-order valence-corrected chi connectivity index (χ2v) is 5.43. The van der Waals surface area contributed by atoms with Gasteiger partial charge in [0, 0.05) is 12.6 Å². The largest absolute Gasteiger partial charge is 0.465 e. The minimum Gasteiger partial charge on any atom is -0.465 e. The lowest BCUT2D eigenvalue weighted by molar-refractivity contribution is -0.150. The third-order valence-electron chi connectivity index (χ3n) is 3.70. The minimum absolute atomic E-state index is 0.00176. The van der Waals surface area contributed by atoms with E-state index in [1.165, 1.54) is 25.7 Å². The van der Waals surface area contributed by atoms with Crippen molar-refractivity contribution in [1.29, 1.82) is 0 Å². The highest BCUT2D eigenvalue weighted by Crippen LogP contribution is 2.36. The van der Waals surface area contributed by atoms with Crippen LogP contribution >= 0.6 is 0 Å². The Hall–Kier alpha value is -0.570. The summed E-state index contributed by atoms with van der Waals surface area (Å²) in [7, 11) is 0. The molecule has 0 aromatic rings. The van der Waals surface area contributed by atoms with E-state index in [-0.39, 0.29) is 12.0 Å². The lowest BCUT2D eigenvalue weighted by Gasteiger charge is -2.30. The van der Waals surface area contributed by atoms with Crippen LogP contribution in [0.4, 0.5) is 0 Å². The van der Waals surface area contributed by atoms with Crippen molar-refractivity contribution in [1.82, 2.24) is 4.90 Å². The van der Waals surface area contributed by atoms with Crippen LogP contribution in [0.3, 0.4) is 0 Å². The van der Waals surface area contributed by atoms with E-state index >= 15 is 0 Å². The molecule has 2 aliphatic carbocycles. The van der Waals surface area contributed by atoms with Crippen molar-refractivity contribution in [3.05, 3.63) is 0 Å². The molecule has 3 nitrogen and oxygen atoms in total. The molecule has 0 aromatic heterocycles. The number of hydrogen-bond donors (Lipinski definition) is 0. The molecule has 0 aliphatic heterocycles. The Labute approximate surface area is 105 Å². The van der Waals surface area contributed by atoms with Crippen molar-refractivity contribution >= 4 is 5.97 Å². The summed E-state index contributed by atoms with van der Waals surface area (Å²) in [6, 6.07) is 0.685. The molecule has 1 atom stereocenters. The predicted molar refractivity (Wildman–Crippen MR) is 67.8 cm³/mol. The average Bonchev–Trinajstić information content (AvgIpc) is 3.16. The molecule has 2 fully saturated rings. The maximum absolute atomic E-state index is 12.0. The predicted octanol–water partition coefficient (Wildman–Crippen LogP) is 2.59. The van der Waals surface area contributed by atoms with Gasteiger partial charge < -0.3 is 4.74 Å². The SMILES string of the molecule is CCCC(C(=O)OCC)N(CC1CC1)C1CC1. The number of carbonyl (C=O) groups is 1. The van der Waals surface area contributed by atoms with Crippen LogP contribution in [0, 0.1) is 5.92 Å². The third kappa shape index (κ3) is 3.70. The summed E-state index contributed by atoms with van der Waals surface area (Å²) >= 11 is 0. The van der Waals surface area contributed by atoms with E-state index in [9.17, 15) is 4.79 Å². The minimum atomic E-state index is 0.00176. The van der Waals surface area contributed by atoms with E-state index in [4.69, 9.17) is 4.74 Å².